The van der Waals surface area contributed by atoms with Gasteiger partial charge >= 0.3 is 5.97 Å². The number of hydrogen-bond acceptors (Lipinski definition) is 5. The van der Waals surface area contributed by atoms with Gasteiger partial charge in [-0.05, 0) is 22.3 Å². The number of aliphatic carboxylic acids is 1. The van der Waals surface area contributed by atoms with Gasteiger partial charge in [0.2, 0.25) is 0 Å². The summed E-state index contributed by atoms with van der Waals surface area (Å²) in [6.45, 7) is 2.85. The van der Waals surface area contributed by atoms with E-state index in [0.717, 1.165) is 36.5 Å². The summed E-state index contributed by atoms with van der Waals surface area (Å²) in [7, 11) is 0. The molecule has 0 aliphatic carbocycles. The number of carboxylic acids is 1. The maximum Gasteiger partial charge on any atom is 0.326 e. The molecule has 5 rings (SSSR count). The summed E-state index contributed by atoms with van der Waals surface area (Å²) < 4.78 is 0. The number of hydrogen-bond donors (Lipinski definition) is 2. The van der Waals surface area contributed by atoms with Crippen LogP contribution in [0.1, 0.15) is 22.3 Å². The molecule has 1 aromatic heterocycles. The molecule has 1 unspecified atom stereocenters. The minimum atomic E-state index is -0.919. The van der Waals surface area contributed by atoms with Crippen molar-refractivity contribution in [3.8, 4) is 11.3 Å². The van der Waals surface area contributed by atoms with Crippen LogP contribution in [0.2, 0.25) is 0 Å². The predicted molar refractivity (Wildman–Crippen MR) is 132 cm³/mol. The molecule has 6 nitrogen and oxygen atoms in total. The van der Waals surface area contributed by atoms with Gasteiger partial charge in [-0.2, -0.15) is 0 Å². The monoisotopic (exact) mass is 450 g/mol. The summed E-state index contributed by atoms with van der Waals surface area (Å²) in [5.41, 5.74) is 6.74. The molecule has 4 aromatic rings. The first kappa shape index (κ1) is 21.8. The first-order valence-corrected chi connectivity index (χ1v) is 11.4. The van der Waals surface area contributed by atoms with Gasteiger partial charge in [-0.1, -0.05) is 78.9 Å². The Hall–Kier alpha value is -4.03. The maximum atomic E-state index is 11.8. The van der Waals surface area contributed by atoms with Gasteiger partial charge in [0.25, 0.3) is 0 Å². The van der Waals surface area contributed by atoms with Gasteiger partial charge < -0.3 is 10.4 Å². The second kappa shape index (κ2) is 9.85. The van der Waals surface area contributed by atoms with Crippen molar-refractivity contribution in [3.63, 3.8) is 0 Å². The SMILES string of the molecule is O=C(O)C(Cc1ccccc1)Nc1cc(-c2ccc(CN3Cc4ccccc4C3)cc2)ncn1. The highest BCUT2D eigenvalue weighted by Crippen LogP contribution is 2.25. The standard InChI is InChI=1S/C28H26N4O2/c33-28(34)26(14-20-6-2-1-3-7-20)31-27-15-25(29-19-30-27)22-12-10-21(11-13-22)16-32-17-23-8-4-5-9-24(23)18-32/h1-13,15,19,26H,14,16-18H2,(H,33,34)(H,29,30,31). The van der Waals surface area contributed by atoms with Crippen LogP contribution in [0, 0.1) is 0 Å². The maximum absolute atomic E-state index is 11.8. The predicted octanol–water partition coefficient (Wildman–Crippen LogP) is 4.77. The summed E-state index contributed by atoms with van der Waals surface area (Å²) in [5, 5.41) is 12.7. The summed E-state index contributed by atoms with van der Waals surface area (Å²) in [5.74, 6) is -0.426. The Morgan fingerprint density at radius 1 is 0.882 bits per heavy atom. The molecule has 0 fully saturated rings. The van der Waals surface area contributed by atoms with Crippen LogP contribution < -0.4 is 5.32 Å². The Morgan fingerprint density at radius 3 is 2.24 bits per heavy atom. The molecule has 6 heteroatoms. The van der Waals surface area contributed by atoms with E-state index in [2.05, 4.69) is 68.7 Å². The highest BCUT2D eigenvalue weighted by atomic mass is 16.4. The van der Waals surface area contributed by atoms with E-state index in [0.29, 0.717) is 12.2 Å². The van der Waals surface area contributed by atoms with Crippen LogP contribution in [0.25, 0.3) is 11.3 Å². The third-order valence-electron chi connectivity index (χ3n) is 6.13. The van der Waals surface area contributed by atoms with E-state index in [-0.39, 0.29) is 0 Å². The fourth-order valence-corrected chi connectivity index (χ4v) is 4.38. The quantitative estimate of drug-likeness (QED) is 0.403. The van der Waals surface area contributed by atoms with Crippen LogP contribution >= 0.6 is 0 Å². The van der Waals surface area contributed by atoms with Crippen molar-refractivity contribution in [3.05, 3.63) is 114 Å². The molecule has 0 bridgehead atoms. The van der Waals surface area contributed by atoms with E-state index < -0.39 is 12.0 Å². The molecule has 0 amide bonds. The molecule has 0 radical (unpaired) electrons. The molecule has 34 heavy (non-hydrogen) atoms. The van der Waals surface area contributed by atoms with E-state index >= 15 is 0 Å². The molecule has 0 spiro atoms. The number of benzene rings is 3. The molecule has 2 heterocycles. The van der Waals surface area contributed by atoms with Crippen LogP contribution in [-0.2, 0) is 30.8 Å². The zero-order chi connectivity index (χ0) is 23.3. The first-order chi connectivity index (χ1) is 16.6. The van der Waals surface area contributed by atoms with Crippen molar-refractivity contribution in [2.75, 3.05) is 5.32 Å². The van der Waals surface area contributed by atoms with E-state index in [1.54, 1.807) is 6.07 Å². The average Bonchev–Trinajstić information content (AvgIpc) is 3.27. The van der Waals surface area contributed by atoms with Crippen LogP contribution in [0.15, 0.2) is 91.3 Å². The Bertz CT molecular complexity index is 1250. The Balaban J connectivity index is 1.25. The number of fused-ring (bicyclic) bond motifs is 1. The van der Waals surface area contributed by atoms with E-state index in [4.69, 9.17) is 0 Å². The van der Waals surface area contributed by atoms with Gasteiger partial charge in [0, 0.05) is 37.7 Å². The minimum Gasteiger partial charge on any atom is -0.480 e. The molecule has 1 atom stereocenters. The fraction of sp³-hybridized carbons (Fsp3) is 0.179. The normalized spacial score (nSPS) is 13.9. The number of nitrogens with one attached hydrogen (secondary N) is 1. The lowest BCUT2D eigenvalue weighted by Gasteiger charge is -2.16. The smallest absolute Gasteiger partial charge is 0.326 e. The van der Waals surface area contributed by atoms with Gasteiger partial charge in [0.05, 0.1) is 5.69 Å². The fourth-order valence-electron chi connectivity index (χ4n) is 4.38. The molecule has 2 N–H and O–H groups in total. The highest BCUT2D eigenvalue weighted by Gasteiger charge is 2.19. The lowest BCUT2D eigenvalue weighted by atomic mass is 10.1. The van der Waals surface area contributed by atoms with Gasteiger partial charge in [-0.3, -0.25) is 4.90 Å². The second-order valence-electron chi connectivity index (χ2n) is 8.62. The molecule has 0 saturated heterocycles. The van der Waals surface area contributed by atoms with Crippen LogP contribution in [-0.4, -0.2) is 32.0 Å². The molecule has 0 saturated carbocycles. The van der Waals surface area contributed by atoms with E-state index in [1.807, 2.05) is 30.3 Å². The lowest BCUT2D eigenvalue weighted by Crippen LogP contribution is -2.31. The van der Waals surface area contributed by atoms with Crippen molar-refractivity contribution in [2.24, 2.45) is 0 Å². The number of carbonyl (C=O) groups is 1. The van der Waals surface area contributed by atoms with Crippen molar-refractivity contribution in [2.45, 2.75) is 32.1 Å². The highest BCUT2D eigenvalue weighted by molar-refractivity contribution is 5.77. The van der Waals surface area contributed by atoms with Gasteiger partial charge in [0.1, 0.15) is 18.2 Å². The molecular formula is C28H26N4O2. The molecule has 3 aromatic carbocycles. The molecule has 1 aliphatic rings. The zero-order valence-electron chi connectivity index (χ0n) is 18.8. The summed E-state index contributed by atoms with van der Waals surface area (Å²) in [6.07, 6.45) is 1.83. The Kier molecular flexibility index (Phi) is 6.31. The number of carboxylic acid groups (broad SMARTS) is 1. The lowest BCUT2D eigenvalue weighted by molar-refractivity contribution is -0.137. The van der Waals surface area contributed by atoms with Crippen molar-refractivity contribution in [1.82, 2.24) is 14.9 Å². The zero-order valence-corrected chi connectivity index (χ0v) is 18.8. The third-order valence-corrected chi connectivity index (χ3v) is 6.13. The largest absolute Gasteiger partial charge is 0.480 e. The van der Waals surface area contributed by atoms with Crippen LogP contribution in [0.4, 0.5) is 5.82 Å². The van der Waals surface area contributed by atoms with Gasteiger partial charge in [-0.15, -0.1) is 0 Å². The van der Waals surface area contributed by atoms with Gasteiger partial charge in [0.15, 0.2) is 0 Å². The summed E-state index contributed by atoms with van der Waals surface area (Å²) in [6, 6.07) is 27.6. The summed E-state index contributed by atoms with van der Waals surface area (Å²) in [4.78, 5) is 22.9. The van der Waals surface area contributed by atoms with Crippen molar-refractivity contribution >= 4 is 11.8 Å². The molecular weight excluding hydrogens is 424 g/mol. The Labute approximate surface area is 198 Å². The van der Waals surface area contributed by atoms with E-state index in [1.165, 1.54) is 23.0 Å². The number of nitrogens with zero attached hydrogens (tertiary/aromatic N) is 3. The average molecular weight is 451 g/mol. The third kappa shape index (κ3) is 5.13. The van der Waals surface area contributed by atoms with Crippen LogP contribution in [0.3, 0.4) is 0 Å². The number of rotatable bonds is 8. The number of aromatic nitrogens is 2. The molecule has 1 aliphatic heterocycles. The Morgan fingerprint density at radius 2 is 1.56 bits per heavy atom. The van der Waals surface area contributed by atoms with Crippen LogP contribution in [0.5, 0.6) is 0 Å². The molecule has 170 valence electrons. The first-order valence-electron chi connectivity index (χ1n) is 11.4. The minimum absolute atomic E-state index is 0.366. The van der Waals surface area contributed by atoms with Crippen molar-refractivity contribution < 1.29 is 9.90 Å². The van der Waals surface area contributed by atoms with Gasteiger partial charge in [-0.25, -0.2) is 14.8 Å². The second-order valence-corrected chi connectivity index (χ2v) is 8.62. The summed E-state index contributed by atoms with van der Waals surface area (Å²) >= 11 is 0. The number of anilines is 1. The topological polar surface area (TPSA) is 78.4 Å². The van der Waals surface area contributed by atoms with Crippen molar-refractivity contribution in [1.29, 1.82) is 0 Å². The van der Waals surface area contributed by atoms with E-state index in [9.17, 15) is 9.90 Å².